The lowest BCUT2D eigenvalue weighted by Crippen LogP contribution is -1.97. The Bertz CT molecular complexity index is 1400. The van der Waals surface area contributed by atoms with Gasteiger partial charge in [-0.3, -0.25) is 0 Å². The van der Waals surface area contributed by atoms with Crippen molar-refractivity contribution in [2.75, 3.05) is 0 Å². The van der Waals surface area contributed by atoms with Crippen LogP contribution < -0.4 is 0 Å². The number of aromatic nitrogens is 12. The second kappa shape index (κ2) is 10.3. The Morgan fingerprint density at radius 1 is 0.750 bits per heavy atom. The number of nitrogens with zero attached hydrogens (tertiary/aromatic N) is 9. The molecule has 0 aliphatic heterocycles. The minimum absolute atomic E-state index is 0.460. The first-order valence-corrected chi connectivity index (χ1v) is 11.8. The number of aryl methyl sites for hydroxylation is 1. The Morgan fingerprint density at radius 3 is 1.75 bits per heavy atom. The van der Waals surface area contributed by atoms with Gasteiger partial charge in [0.1, 0.15) is 0 Å². The Morgan fingerprint density at radius 2 is 1.28 bits per heavy atom. The SMILES string of the molecule is Cc1c(Cl)cc(C(=CCCCc2nn[nH]n2)c2cc(Cl)c(C)c(-c3nn[nH]n3)c2)cc1-c1nn[nH]n1. The molecule has 0 amide bonds. The maximum Gasteiger partial charge on any atom is 0.205 e. The van der Waals surface area contributed by atoms with Crippen LogP contribution in [0.2, 0.25) is 10.0 Å². The molecule has 0 saturated carbocycles. The fraction of sp³-hybridized carbons (Fsp3) is 0.227. The lowest BCUT2D eigenvalue weighted by atomic mass is 9.91. The van der Waals surface area contributed by atoms with E-state index >= 15 is 0 Å². The molecule has 2 aromatic carbocycles. The first-order valence-electron chi connectivity index (χ1n) is 11.0. The minimum Gasteiger partial charge on any atom is -0.177 e. The largest absolute Gasteiger partial charge is 0.205 e. The van der Waals surface area contributed by atoms with Gasteiger partial charge in [0.25, 0.3) is 0 Å². The fourth-order valence-electron chi connectivity index (χ4n) is 3.88. The third-order valence-electron chi connectivity index (χ3n) is 5.83. The summed E-state index contributed by atoms with van der Waals surface area (Å²) in [6.07, 6.45) is 4.39. The number of benzene rings is 2. The van der Waals surface area contributed by atoms with Gasteiger partial charge in [0.05, 0.1) is 0 Å². The van der Waals surface area contributed by atoms with E-state index in [0.29, 0.717) is 33.9 Å². The topological polar surface area (TPSA) is 163 Å². The molecule has 3 aromatic heterocycles. The van der Waals surface area contributed by atoms with Crippen LogP contribution in [0.15, 0.2) is 30.3 Å². The summed E-state index contributed by atoms with van der Waals surface area (Å²) in [5.41, 5.74) is 5.95. The number of tetrazole rings is 3. The maximum atomic E-state index is 6.67. The molecule has 0 saturated heterocycles. The van der Waals surface area contributed by atoms with Gasteiger partial charge in [0.2, 0.25) is 11.6 Å². The van der Waals surface area contributed by atoms with Crippen molar-refractivity contribution in [2.24, 2.45) is 0 Å². The molecule has 0 aliphatic carbocycles. The molecule has 5 rings (SSSR count). The highest BCUT2D eigenvalue weighted by molar-refractivity contribution is 6.32. The Kier molecular flexibility index (Phi) is 6.78. The molecule has 14 heteroatoms. The van der Waals surface area contributed by atoms with Crippen molar-refractivity contribution in [1.29, 1.82) is 0 Å². The summed E-state index contributed by atoms with van der Waals surface area (Å²) < 4.78 is 0. The van der Waals surface area contributed by atoms with E-state index in [0.717, 1.165) is 51.8 Å². The van der Waals surface area contributed by atoms with Crippen LogP contribution in [0.1, 0.15) is 40.9 Å². The predicted molar refractivity (Wildman–Crippen MR) is 133 cm³/mol. The fourth-order valence-corrected chi connectivity index (χ4v) is 4.32. The molecule has 0 fully saturated rings. The van der Waals surface area contributed by atoms with Crippen LogP contribution in [-0.4, -0.2) is 61.9 Å². The van der Waals surface area contributed by atoms with Gasteiger partial charge in [0.15, 0.2) is 5.82 Å². The second-order valence-corrected chi connectivity index (χ2v) is 8.88. The number of hydrogen-bond acceptors (Lipinski definition) is 9. The lowest BCUT2D eigenvalue weighted by Gasteiger charge is -2.15. The number of H-pyrrole nitrogens is 3. The molecule has 3 heterocycles. The van der Waals surface area contributed by atoms with Gasteiger partial charge < -0.3 is 0 Å². The zero-order chi connectivity index (χ0) is 25.1. The van der Waals surface area contributed by atoms with E-state index in [4.69, 9.17) is 23.2 Å². The van der Waals surface area contributed by atoms with Crippen molar-refractivity contribution in [1.82, 2.24) is 61.9 Å². The van der Waals surface area contributed by atoms with Gasteiger partial charge in [-0.15, -0.1) is 30.6 Å². The average molecular weight is 523 g/mol. The molecule has 0 unspecified atom stereocenters. The lowest BCUT2D eigenvalue weighted by molar-refractivity contribution is 0.789. The third-order valence-corrected chi connectivity index (χ3v) is 6.61. The molecule has 0 aliphatic rings. The second-order valence-electron chi connectivity index (χ2n) is 8.07. The van der Waals surface area contributed by atoms with Gasteiger partial charge in [-0.2, -0.15) is 15.6 Å². The number of halogens is 2. The van der Waals surface area contributed by atoms with Gasteiger partial charge in [-0.25, -0.2) is 0 Å². The molecule has 0 bridgehead atoms. The summed E-state index contributed by atoms with van der Waals surface area (Å²) in [4.78, 5) is 0. The summed E-state index contributed by atoms with van der Waals surface area (Å²) >= 11 is 13.3. The van der Waals surface area contributed by atoms with E-state index in [-0.39, 0.29) is 0 Å². The summed E-state index contributed by atoms with van der Waals surface area (Å²) in [6.45, 7) is 3.84. The molecule has 0 atom stereocenters. The van der Waals surface area contributed by atoms with E-state index in [1.807, 2.05) is 38.1 Å². The first kappa shape index (κ1) is 23.7. The van der Waals surface area contributed by atoms with Crippen LogP contribution in [0.25, 0.3) is 28.3 Å². The van der Waals surface area contributed by atoms with Crippen molar-refractivity contribution < 1.29 is 0 Å². The standard InChI is InChI=1S/C22H20Cl2N12/c1-11-16(21-27-33-34-28-21)7-13(9-18(11)23)15(5-3-4-6-20-25-31-32-26-20)14-8-17(12(2)19(24)10-14)22-29-35-36-30-22/h5,7-10H,3-4,6H2,1-2H3,(H,25,26,31,32)(H,27,28,33,34)(H,29,30,35,36). The number of aromatic amines is 3. The highest BCUT2D eigenvalue weighted by Gasteiger charge is 2.18. The molecule has 3 N–H and O–H groups in total. The average Bonchev–Trinajstić information content (AvgIpc) is 3.66. The molecule has 5 aromatic rings. The van der Waals surface area contributed by atoms with Crippen LogP contribution in [0.3, 0.4) is 0 Å². The van der Waals surface area contributed by atoms with Crippen LogP contribution in [0.4, 0.5) is 0 Å². The normalized spacial score (nSPS) is 11.1. The number of allylic oxidation sites excluding steroid dienone is 1. The zero-order valence-electron chi connectivity index (χ0n) is 19.3. The van der Waals surface area contributed by atoms with E-state index in [2.05, 4.69) is 67.9 Å². The van der Waals surface area contributed by atoms with Crippen molar-refractivity contribution >= 4 is 28.8 Å². The highest BCUT2D eigenvalue weighted by Crippen LogP contribution is 2.37. The monoisotopic (exact) mass is 522 g/mol. The molecule has 182 valence electrons. The minimum atomic E-state index is 0.460. The first-order chi connectivity index (χ1) is 17.5. The van der Waals surface area contributed by atoms with Crippen LogP contribution in [0, 0.1) is 13.8 Å². The van der Waals surface area contributed by atoms with Crippen LogP contribution in [0.5, 0.6) is 0 Å². The van der Waals surface area contributed by atoms with E-state index in [1.54, 1.807) is 0 Å². The van der Waals surface area contributed by atoms with Gasteiger partial charge >= 0.3 is 0 Å². The zero-order valence-corrected chi connectivity index (χ0v) is 20.8. The summed E-state index contributed by atoms with van der Waals surface area (Å²) in [7, 11) is 0. The van der Waals surface area contributed by atoms with Gasteiger partial charge in [-0.1, -0.05) is 34.5 Å². The summed E-state index contributed by atoms with van der Waals surface area (Å²) in [5.74, 6) is 1.59. The van der Waals surface area contributed by atoms with Crippen LogP contribution >= 0.6 is 23.2 Å². The number of hydrogen-bond donors (Lipinski definition) is 3. The Labute approximate surface area is 214 Å². The molecular weight excluding hydrogens is 503 g/mol. The molecule has 0 radical (unpaired) electrons. The van der Waals surface area contributed by atoms with Crippen molar-refractivity contribution in [3.05, 3.63) is 68.5 Å². The van der Waals surface area contributed by atoms with E-state index < -0.39 is 0 Å². The molecule has 12 nitrogen and oxygen atoms in total. The maximum absolute atomic E-state index is 6.67. The molecule has 0 spiro atoms. The quantitative estimate of drug-likeness (QED) is 0.256. The number of rotatable bonds is 8. The predicted octanol–water partition coefficient (Wildman–Crippen LogP) is 3.94. The van der Waals surface area contributed by atoms with Crippen molar-refractivity contribution in [3.8, 4) is 22.8 Å². The third kappa shape index (κ3) is 4.86. The van der Waals surface area contributed by atoms with Crippen LogP contribution in [-0.2, 0) is 6.42 Å². The van der Waals surface area contributed by atoms with E-state index in [9.17, 15) is 0 Å². The van der Waals surface area contributed by atoms with E-state index in [1.165, 1.54) is 0 Å². The summed E-state index contributed by atoms with van der Waals surface area (Å²) in [5, 5.41) is 44.3. The molecular formula is C22H20Cl2N12. The van der Waals surface area contributed by atoms with Gasteiger partial charge in [-0.05, 0) is 89.2 Å². The Hall–Kier alpha value is -4.03. The number of nitrogens with one attached hydrogen (secondary N) is 3. The highest BCUT2D eigenvalue weighted by atomic mass is 35.5. The summed E-state index contributed by atoms with van der Waals surface area (Å²) in [6, 6.07) is 7.85. The van der Waals surface area contributed by atoms with Gasteiger partial charge in [0, 0.05) is 27.6 Å². The smallest absolute Gasteiger partial charge is 0.177 e. The van der Waals surface area contributed by atoms with Crippen molar-refractivity contribution in [2.45, 2.75) is 33.1 Å². The Balaban J connectivity index is 1.60. The molecule has 36 heavy (non-hydrogen) atoms. The number of unbranched alkanes of at least 4 members (excludes halogenated alkanes) is 1. The van der Waals surface area contributed by atoms with Crippen molar-refractivity contribution in [3.63, 3.8) is 0 Å².